The van der Waals surface area contributed by atoms with E-state index >= 15 is 0 Å². The molecule has 3 aromatic rings. The third-order valence-electron chi connectivity index (χ3n) is 4.97. The minimum absolute atomic E-state index is 0.169. The number of anilines is 2. The van der Waals surface area contributed by atoms with E-state index in [1.807, 2.05) is 0 Å². The highest BCUT2D eigenvalue weighted by Crippen LogP contribution is 2.38. The van der Waals surface area contributed by atoms with Crippen LogP contribution in [-0.2, 0) is 14.3 Å². The lowest BCUT2D eigenvalue weighted by molar-refractivity contribution is -0.143. The van der Waals surface area contributed by atoms with E-state index in [-0.39, 0.29) is 17.2 Å². The zero-order valence-corrected chi connectivity index (χ0v) is 18.8. The van der Waals surface area contributed by atoms with Gasteiger partial charge in [-0.2, -0.15) is 0 Å². The number of nitrogens with one attached hydrogen (secondary N) is 2. The van der Waals surface area contributed by atoms with E-state index < -0.39 is 23.4 Å². The molecular formula is C23H19ClN2O5S. The second-order valence-corrected chi connectivity index (χ2v) is 8.44. The molecule has 164 valence electrons. The van der Waals surface area contributed by atoms with Gasteiger partial charge in [-0.3, -0.25) is 9.59 Å². The van der Waals surface area contributed by atoms with Crippen molar-refractivity contribution >= 4 is 51.4 Å². The van der Waals surface area contributed by atoms with Crippen molar-refractivity contribution in [3.63, 3.8) is 0 Å². The van der Waals surface area contributed by atoms with Crippen LogP contribution in [0.15, 0.2) is 53.9 Å². The van der Waals surface area contributed by atoms with Crippen molar-refractivity contribution in [1.82, 2.24) is 0 Å². The molecule has 0 bridgehead atoms. The van der Waals surface area contributed by atoms with E-state index in [4.69, 9.17) is 21.1 Å². The third kappa shape index (κ3) is 3.94. The van der Waals surface area contributed by atoms with Crippen molar-refractivity contribution in [3.05, 3.63) is 64.5 Å². The van der Waals surface area contributed by atoms with Crippen LogP contribution in [0, 0.1) is 0 Å². The Labute approximate surface area is 193 Å². The van der Waals surface area contributed by atoms with Crippen molar-refractivity contribution in [3.8, 4) is 16.9 Å². The number of carbonyl (C=O) groups excluding carboxylic acids is 3. The summed E-state index contributed by atoms with van der Waals surface area (Å²) in [7, 11) is 0. The van der Waals surface area contributed by atoms with Gasteiger partial charge < -0.3 is 20.1 Å². The standard InChI is InChI=1S/C23H19ClN2O5S/c1-3-30-20(27)18-15(13-8-10-14(24)11-9-13)12-32-19(18)26-22(29)23(2)21(28)25-16-6-4-5-7-17(16)31-23/h4-12H,3H2,1-2H3,(H,25,28)(H,26,29). The Balaban J connectivity index is 1.68. The Kier molecular flexibility index (Phi) is 5.90. The normalized spacial score (nSPS) is 17.0. The lowest BCUT2D eigenvalue weighted by atomic mass is 10.0. The first-order chi connectivity index (χ1) is 15.3. The first-order valence-corrected chi connectivity index (χ1v) is 11.0. The number of para-hydroxylation sites is 2. The molecule has 0 saturated heterocycles. The second kappa shape index (κ2) is 8.64. The van der Waals surface area contributed by atoms with Gasteiger partial charge in [0, 0.05) is 16.0 Å². The Morgan fingerprint density at radius 1 is 1.19 bits per heavy atom. The minimum Gasteiger partial charge on any atom is -0.466 e. The van der Waals surface area contributed by atoms with Gasteiger partial charge in [0.2, 0.25) is 0 Å². The maximum atomic E-state index is 13.2. The molecule has 1 unspecified atom stereocenters. The lowest BCUT2D eigenvalue weighted by Gasteiger charge is -2.33. The molecule has 0 radical (unpaired) electrons. The third-order valence-corrected chi connectivity index (χ3v) is 6.12. The first-order valence-electron chi connectivity index (χ1n) is 9.79. The molecule has 2 aromatic carbocycles. The monoisotopic (exact) mass is 470 g/mol. The number of amides is 2. The maximum absolute atomic E-state index is 13.2. The van der Waals surface area contributed by atoms with E-state index in [0.717, 1.165) is 16.9 Å². The lowest BCUT2D eigenvalue weighted by Crippen LogP contribution is -2.56. The highest BCUT2D eigenvalue weighted by atomic mass is 35.5. The summed E-state index contributed by atoms with van der Waals surface area (Å²) in [4.78, 5) is 38.6. The van der Waals surface area contributed by atoms with Crippen molar-refractivity contribution in [2.45, 2.75) is 19.4 Å². The second-order valence-electron chi connectivity index (χ2n) is 7.12. The Hall–Kier alpha value is -3.36. The van der Waals surface area contributed by atoms with Crippen LogP contribution in [0.3, 0.4) is 0 Å². The zero-order chi connectivity index (χ0) is 22.9. The van der Waals surface area contributed by atoms with Crippen LogP contribution in [0.5, 0.6) is 5.75 Å². The molecule has 0 aliphatic carbocycles. The summed E-state index contributed by atoms with van der Waals surface area (Å²) in [6.45, 7) is 3.25. The van der Waals surface area contributed by atoms with Gasteiger partial charge in [-0.25, -0.2) is 4.79 Å². The molecule has 2 N–H and O–H groups in total. The van der Waals surface area contributed by atoms with E-state index in [2.05, 4.69) is 10.6 Å². The molecule has 0 spiro atoms. The zero-order valence-electron chi connectivity index (χ0n) is 17.2. The van der Waals surface area contributed by atoms with Crippen LogP contribution in [0.2, 0.25) is 5.02 Å². The molecule has 1 aliphatic heterocycles. The summed E-state index contributed by atoms with van der Waals surface area (Å²) in [5, 5.41) is 7.93. The summed E-state index contributed by atoms with van der Waals surface area (Å²) in [5.74, 6) is -1.53. The fraction of sp³-hybridized carbons (Fsp3) is 0.174. The SMILES string of the molecule is CCOC(=O)c1c(-c2ccc(Cl)cc2)csc1NC(=O)C1(C)Oc2ccccc2NC1=O. The van der Waals surface area contributed by atoms with Crippen LogP contribution >= 0.6 is 22.9 Å². The van der Waals surface area contributed by atoms with Crippen LogP contribution in [0.1, 0.15) is 24.2 Å². The summed E-state index contributed by atoms with van der Waals surface area (Å²) in [6, 6.07) is 13.8. The minimum atomic E-state index is -1.83. The Bertz CT molecular complexity index is 1210. The van der Waals surface area contributed by atoms with Gasteiger partial charge in [-0.15, -0.1) is 11.3 Å². The summed E-state index contributed by atoms with van der Waals surface area (Å²) >= 11 is 7.13. The number of halogens is 1. The number of thiophene rings is 1. The molecular weight excluding hydrogens is 452 g/mol. The Morgan fingerprint density at radius 3 is 2.62 bits per heavy atom. The van der Waals surface area contributed by atoms with Crippen LogP contribution in [0.25, 0.3) is 11.1 Å². The smallest absolute Gasteiger partial charge is 0.341 e. The molecule has 1 aromatic heterocycles. The quantitative estimate of drug-likeness (QED) is 0.405. The van der Waals surface area contributed by atoms with Gasteiger partial charge in [-0.1, -0.05) is 35.9 Å². The fourth-order valence-electron chi connectivity index (χ4n) is 3.24. The number of fused-ring (bicyclic) bond motifs is 1. The number of ether oxygens (including phenoxy) is 2. The van der Waals surface area contributed by atoms with E-state index in [1.165, 1.54) is 6.92 Å². The molecule has 9 heteroatoms. The number of rotatable bonds is 5. The topological polar surface area (TPSA) is 93.7 Å². The summed E-state index contributed by atoms with van der Waals surface area (Å²) in [5.41, 5.74) is 0.180. The van der Waals surface area contributed by atoms with Crippen molar-refractivity contribution < 1.29 is 23.9 Å². The maximum Gasteiger partial charge on any atom is 0.341 e. The van der Waals surface area contributed by atoms with E-state index in [0.29, 0.717) is 22.0 Å². The first kappa shape index (κ1) is 21.9. The van der Waals surface area contributed by atoms with Gasteiger partial charge >= 0.3 is 5.97 Å². The van der Waals surface area contributed by atoms with Crippen LogP contribution in [0.4, 0.5) is 10.7 Å². The van der Waals surface area contributed by atoms with Gasteiger partial charge in [0.25, 0.3) is 17.4 Å². The molecule has 2 amide bonds. The fourth-order valence-corrected chi connectivity index (χ4v) is 4.31. The van der Waals surface area contributed by atoms with Gasteiger partial charge in [0.15, 0.2) is 0 Å². The molecule has 1 atom stereocenters. The van der Waals surface area contributed by atoms with Gasteiger partial charge in [0.05, 0.1) is 12.3 Å². The number of carbonyl (C=O) groups is 3. The Morgan fingerprint density at radius 2 is 1.91 bits per heavy atom. The molecule has 32 heavy (non-hydrogen) atoms. The van der Waals surface area contributed by atoms with Gasteiger partial charge in [-0.05, 0) is 43.7 Å². The molecule has 0 saturated carbocycles. The van der Waals surface area contributed by atoms with E-state index in [1.54, 1.807) is 60.8 Å². The van der Waals surface area contributed by atoms with Crippen LogP contribution < -0.4 is 15.4 Å². The molecule has 1 aliphatic rings. The average Bonchev–Trinajstić information content (AvgIpc) is 3.18. The number of esters is 1. The molecule has 7 nitrogen and oxygen atoms in total. The highest BCUT2D eigenvalue weighted by molar-refractivity contribution is 7.15. The average molecular weight is 471 g/mol. The van der Waals surface area contributed by atoms with Crippen LogP contribution in [-0.4, -0.2) is 30.0 Å². The summed E-state index contributed by atoms with van der Waals surface area (Å²) < 4.78 is 11.0. The van der Waals surface area contributed by atoms with Crippen molar-refractivity contribution in [1.29, 1.82) is 0 Å². The molecule has 2 heterocycles. The highest BCUT2D eigenvalue weighted by Gasteiger charge is 2.47. The van der Waals surface area contributed by atoms with Gasteiger partial charge in [0.1, 0.15) is 16.3 Å². The molecule has 0 fully saturated rings. The number of hydrogen-bond donors (Lipinski definition) is 2. The van der Waals surface area contributed by atoms with E-state index in [9.17, 15) is 14.4 Å². The molecule has 4 rings (SSSR count). The largest absolute Gasteiger partial charge is 0.466 e. The number of hydrogen-bond acceptors (Lipinski definition) is 6. The summed E-state index contributed by atoms with van der Waals surface area (Å²) in [6.07, 6.45) is 0. The van der Waals surface area contributed by atoms with Crippen molar-refractivity contribution in [2.24, 2.45) is 0 Å². The predicted molar refractivity (Wildman–Crippen MR) is 123 cm³/mol. The number of benzene rings is 2. The predicted octanol–water partition coefficient (Wildman–Crippen LogP) is 4.97. The van der Waals surface area contributed by atoms with Crippen molar-refractivity contribution in [2.75, 3.05) is 17.2 Å².